The van der Waals surface area contributed by atoms with E-state index < -0.39 is 6.10 Å². The molecule has 3 heteroatoms. The minimum atomic E-state index is -0.553. The van der Waals surface area contributed by atoms with E-state index in [1.807, 2.05) is 24.3 Å². The van der Waals surface area contributed by atoms with Crippen LogP contribution in [0.3, 0.4) is 0 Å². The molecule has 1 fully saturated rings. The largest absolute Gasteiger partial charge is 0.399 e. The number of anilines is 1. The smallest absolute Gasteiger partial charge is 0.102 e. The van der Waals surface area contributed by atoms with Crippen molar-refractivity contribution in [3.63, 3.8) is 0 Å². The van der Waals surface area contributed by atoms with Crippen LogP contribution in [-0.2, 0) is 4.74 Å². The van der Waals surface area contributed by atoms with Gasteiger partial charge < -0.3 is 15.6 Å². The van der Waals surface area contributed by atoms with Crippen molar-refractivity contribution in [3.05, 3.63) is 29.8 Å². The van der Waals surface area contributed by atoms with E-state index in [2.05, 4.69) is 6.92 Å². The molecule has 3 atom stereocenters. The molecule has 0 bridgehead atoms. The topological polar surface area (TPSA) is 55.5 Å². The predicted molar refractivity (Wildman–Crippen MR) is 77.8 cm³/mol. The standard InChI is InChI=1S/C16H25NO2/c1-2-12-4-3-5-15(10-12)19-11-16(18)13-6-8-14(17)9-7-13/h6-9,12,15-16,18H,2-5,10-11,17H2,1H3. The number of rotatable bonds is 5. The molecule has 1 aromatic carbocycles. The van der Waals surface area contributed by atoms with Gasteiger partial charge in [-0.1, -0.05) is 38.3 Å². The van der Waals surface area contributed by atoms with Crippen molar-refractivity contribution in [2.24, 2.45) is 5.92 Å². The Balaban J connectivity index is 1.79. The molecule has 3 nitrogen and oxygen atoms in total. The molecule has 0 heterocycles. The highest BCUT2D eigenvalue weighted by Gasteiger charge is 2.22. The number of aliphatic hydroxyl groups is 1. The van der Waals surface area contributed by atoms with E-state index in [9.17, 15) is 5.11 Å². The molecule has 0 aliphatic heterocycles. The van der Waals surface area contributed by atoms with Crippen LogP contribution < -0.4 is 5.73 Å². The fourth-order valence-corrected chi connectivity index (χ4v) is 2.81. The van der Waals surface area contributed by atoms with Gasteiger partial charge in [-0.25, -0.2) is 0 Å². The van der Waals surface area contributed by atoms with Gasteiger partial charge in [-0.05, 0) is 36.5 Å². The number of hydrogen-bond donors (Lipinski definition) is 2. The monoisotopic (exact) mass is 263 g/mol. The summed E-state index contributed by atoms with van der Waals surface area (Å²) >= 11 is 0. The summed E-state index contributed by atoms with van der Waals surface area (Å²) in [7, 11) is 0. The maximum absolute atomic E-state index is 10.1. The maximum Gasteiger partial charge on any atom is 0.102 e. The number of nitrogen functional groups attached to an aromatic ring is 1. The molecule has 19 heavy (non-hydrogen) atoms. The van der Waals surface area contributed by atoms with Crippen molar-refractivity contribution in [2.45, 2.75) is 51.2 Å². The minimum Gasteiger partial charge on any atom is -0.399 e. The Morgan fingerprint density at radius 2 is 2.05 bits per heavy atom. The quantitative estimate of drug-likeness (QED) is 0.801. The van der Waals surface area contributed by atoms with Crippen LogP contribution in [-0.4, -0.2) is 17.8 Å². The minimum absolute atomic E-state index is 0.321. The fourth-order valence-electron chi connectivity index (χ4n) is 2.81. The number of ether oxygens (including phenoxy) is 1. The lowest BCUT2D eigenvalue weighted by molar-refractivity contribution is -0.0339. The van der Waals surface area contributed by atoms with E-state index in [1.54, 1.807) is 0 Å². The van der Waals surface area contributed by atoms with Crippen LogP contribution in [0.25, 0.3) is 0 Å². The molecule has 1 aromatic rings. The third kappa shape index (κ3) is 4.22. The van der Waals surface area contributed by atoms with Gasteiger partial charge in [-0.15, -0.1) is 0 Å². The van der Waals surface area contributed by atoms with Crippen molar-refractivity contribution in [1.82, 2.24) is 0 Å². The lowest BCUT2D eigenvalue weighted by Gasteiger charge is -2.29. The van der Waals surface area contributed by atoms with Gasteiger partial charge in [0.25, 0.3) is 0 Å². The molecule has 0 spiro atoms. The second-order valence-corrected chi connectivity index (χ2v) is 5.58. The lowest BCUT2D eigenvalue weighted by Crippen LogP contribution is -2.24. The lowest BCUT2D eigenvalue weighted by atomic mass is 9.85. The van der Waals surface area contributed by atoms with E-state index in [4.69, 9.17) is 10.5 Å². The van der Waals surface area contributed by atoms with E-state index >= 15 is 0 Å². The summed E-state index contributed by atoms with van der Waals surface area (Å²) < 4.78 is 5.88. The zero-order valence-electron chi connectivity index (χ0n) is 11.7. The van der Waals surface area contributed by atoms with Gasteiger partial charge in [-0.2, -0.15) is 0 Å². The highest BCUT2D eigenvalue weighted by Crippen LogP contribution is 2.29. The first-order valence-corrected chi connectivity index (χ1v) is 7.34. The normalized spacial score (nSPS) is 25.2. The molecule has 106 valence electrons. The van der Waals surface area contributed by atoms with Crippen molar-refractivity contribution in [3.8, 4) is 0 Å². The predicted octanol–water partition coefficient (Wildman–Crippen LogP) is 3.29. The summed E-state index contributed by atoms with van der Waals surface area (Å²) in [5.74, 6) is 0.799. The average Bonchev–Trinajstić information content (AvgIpc) is 2.46. The van der Waals surface area contributed by atoms with Gasteiger partial charge in [0.05, 0.1) is 12.7 Å². The van der Waals surface area contributed by atoms with Crippen LogP contribution in [0.4, 0.5) is 5.69 Å². The molecular formula is C16H25NO2. The molecule has 3 N–H and O–H groups in total. The van der Waals surface area contributed by atoms with Gasteiger partial charge in [0.2, 0.25) is 0 Å². The first-order chi connectivity index (χ1) is 9.19. The molecule has 0 aromatic heterocycles. The second kappa shape index (κ2) is 6.92. The Morgan fingerprint density at radius 3 is 2.74 bits per heavy atom. The summed E-state index contributed by atoms with van der Waals surface area (Å²) in [5.41, 5.74) is 7.23. The van der Waals surface area contributed by atoms with Gasteiger partial charge in [0.1, 0.15) is 6.10 Å². The van der Waals surface area contributed by atoms with Gasteiger partial charge in [0, 0.05) is 5.69 Å². The molecule has 1 saturated carbocycles. The number of aliphatic hydroxyl groups excluding tert-OH is 1. The molecule has 1 aliphatic rings. The van der Waals surface area contributed by atoms with Crippen molar-refractivity contribution >= 4 is 5.69 Å². The highest BCUT2D eigenvalue weighted by atomic mass is 16.5. The Bertz CT molecular complexity index is 377. The van der Waals surface area contributed by atoms with Crippen LogP contribution in [0.15, 0.2) is 24.3 Å². The first-order valence-electron chi connectivity index (χ1n) is 7.34. The van der Waals surface area contributed by atoms with Crippen LogP contribution in [0, 0.1) is 5.92 Å². The van der Waals surface area contributed by atoms with Crippen molar-refractivity contribution in [2.75, 3.05) is 12.3 Å². The number of nitrogens with two attached hydrogens (primary N) is 1. The molecule has 0 radical (unpaired) electrons. The second-order valence-electron chi connectivity index (χ2n) is 5.58. The van der Waals surface area contributed by atoms with Crippen LogP contribution in [0.2, 0.25) is 0 Å². The van der Waals surface area contributed by atoms with Gasteiger partial charge >= 0.3 is 0 Å². The highest BCUT2D eigenvalue weighted by molar-refractivity contribution is 5.39. The number of hydrogen-bond acceptors (Lipinski definition) is 3. The molecule has 3 unspecified atom stereocenters. The summed E-state index contributed by atoms with van der Waals surface area (Å²) in [6.45, 7) is 2.63. The SMILES string of the molecule is CCC1CCCC(OCC(O)c2ccc(N)cc2)C1. The average molecular weight is 263 g/mol. The first kappa shape index (κ1) is 14.4. The van der Waals surface area contributed by atoms with Crippen LogP contribution in [0.1, 0.15) is 50.7 Å². The zero-order valence-corrected chi connectivity index (χ0v) is 11.7. The van der Waals surface area contributed by atoms with Crippen LogP contribution in [0.5, 0.6) is 0 Å². The summed E-state index contributed by atoms with van der Waals surface area (Å²) in [5, 5.41) is 10.1. The number of benzene rings is 1. The maximum atomic E-state index is 10.1. The van der Waals surface area contributed by atoms with E-state index in [0.29, 0.717) is 12.7 Å². The molecule has 2 rings (SSSR count). The van der Waals surface area contributed by atoms with Crippen molar-refractivity contribution in [1.29, 1.82) is 0 Å². The Hall–Kier alpha value is -1.06. The van der Waals surface area contributed by atoms with Crippen molar-refractivity contribution < 1.29 is 9.84 Å². The molecule has 0 amide bonds. The van der Waals surface area contributed by atoms with Gasteiger partial charge in [-0.3, -0.25) is 0 Å². The molecule has 0 saturated heterocycles. The summed E-state index contributed by atoms with van der Waals surface area (Å²) in [6.07, 6.45) is 5.86. The zero-order chi connectivity index (χ0) is 13.7. The summed E-state index contributed by atoms with van der Waals surface area (Å²) in [6, 6.07) is 7.34. The van der Waals surface area contributed by atoms with E-state index in [0.717, 1.165) is 30.0 Å². The Morgan fingerprint density at radius 1 is 1.32 bits per heavy atom. The molecule has 1 aliphatic carbocycles. The Labute approximate surface area is 115 Å². The fraction of sp³-hybridized carbons (Fsp3) is 0.625. The summed E-state index contributed by atoms with van der Waals surface area (Å²) in [4.78, 5) is 0. The third-order valence-corrected chi connectivity index (χ3v) is 4.12. The van der Waals surface area contributed by atoms with Crippen LogP contribution >= 0.6 is 0 Å². The van der Waals surface area contributed by atoms with E-state index in [1.165, 1.54) is 19.3 Å². The Kier molecular flexibility index (Phi) is 5.23. The van der Waals surface area contributed by atoms with E-state index in [-0.39, 0.29) is 0 Å². The van der Waals surface area contributed by atoms with Gasteiger partial charge in [0.15, 0.2) is 0 Å². The third-order valence-electron chi connectivity index (χ3n) is 4.12. The molecular weight excluding hydrogens is 238 g/mol.